The fourth-order valence-electron chi connectivity index (χ4n) is 3.13. The molecule has 0 aliphatic carbocycles. The van der Waals surface area contributed by atoms with Gasteiger partial charge in [-0.25, -0.2) is 4.99 Å². The molecular weight excluding hydrogens is 509 g/mol. The molecule has 0 spiro atoms. The Morgan fingerprint density at radius 1 is 1.35 bits per heavy atom. The SMILES string of the molecule is C#Cc1cccc(NC(=O)CN=C(NCC)N2CCN(c3cnn(C)c3)C(=O)C2)c1.I. The van der Waals surface area contributed by atoms with Crippen molar-refractivity contribution in [3.8, 4) is 12.3 Å². The first-order valence-electron chi connectivity index (χ1n) is 9.69. The Balaban J connectivity index is 0.00000341. The average molecular weight is 535 g/mol. The van der Waals surface area contributed by atoms with E-state index in [0.717, 1.165) is 5.69 Å². The number of carbonyl (C=O) groups excluding carboxylic acids is 2. The Labute approximate surface area is 198 Å². The number of aryl methyl sites for hydroxylation is 1. The smallest absolute Gasteiger partial charge is 0.246 e. The number of carbonyl (C=O) groups is 2. The molecular formula is C21H26IN7O2. The van der Waals surface area contributed by atoms with Crippen LogP contribution in [-0.2, 0) is 16.6 Å². The highest BCUT2D eigenvalue weighted by atomic mass is 127. The van der Waals surface area contributed by atoms with Gasteiger partial charge >= 0.3 is 0 Å². The third-order valence-electron chi connectivity index (χ3n) is 4.54. The highest BCUT2D eigenvalue weighted by Crippen LogP contribution is 2.16. The summed E-state index contributed by atoms with van der Waals surface area (Å²) in [6, 6.07) is 7.07. The van der Waals surface area contributed by atoms with Crippen molar-refractivity contribution in [2.45, 2.75) is 6.92 Å². The van der Waals surface area contributed by atoms with Crippen molar-refractivity contribution >= 4 is 53.1 Å². The van der Waals surface area contributed by atoms with Crippen LogP contribution in [0.15, 0.2) is 41.7 Å². The first-order chi connectivity index (χ1) is 14.5. The summed E-state index contributed by atoms with van der Waals surface area (Å²) in [7, 11) is 1.81. The molecule has 31 heavy (non-hydrogen) atoms. The lowest BCUT2D eigenvalue weighted by Gasteiger charge is -2.35. The number of hydrogen-bond acceptors (Lipinski definition) is 4. The molecule has 2 N–H and O–H groups in total. The van der Waals surface area contributed by atoms with Gasteiger partial charge in [0.15, 0.2) is 5.96 Å². The molecule has 1 saturated heterocycles. The van der Waals surface area contributed by atoms with Gasteiger partial charge in [0.1, 0.15) is 13.1 Å². The molecule has 10 heteroatoms. The Bertz CT molecular complexity index is 996. The summed E-state index contributed by atoms with van der Waals surface area (Å²) in [4.78, 5) is 32.9. The molecule has 1 aromatic heterocycles. The van der Waals surface area contributed by atoms with E-state index in [1.807, 2.05) is 25.1 Å². The van der Waals surface area contributed by atoms with Gasteiger partial charge in [-0.3, -0.25) is 14.3 Å². The topological polar surface area (TPSA) is 94.9 Å². The number of amides is 2. The van der Waals surface area contributed by atoms with Crippen LogP contribution in [-0.4, -0.2) is 65.2 Å². The van der Waals surface area contributed by atoms with Crippen molar-refractivity contribution in [2.24, 2.45) is 12.0 Å². The standard InChI is InChI=1S/C21H25N7O2.HI/c1-4-16-7-6-8-17(11-16)25-19(29)13-23-21(22-5-2)27-9-10-28(20(30)15-27)18-12-24-26(3)14-18;/h1,6-8,11-12,14H,5,9-10,13,15H2,2-3H3,(H,22,23)(H,25,29);1H. The third-order valence-corrected chi connectivity index (χ3v) is 4.54. The maximum atomic E-state index is 12.6. The van der Waals surface area contributed by atoms with Crippen LogP contribution in [0.5, 0.6) is 0 Å². The zero-order valence-corrected chi connectivity index (χ0v) is 19.9. The molecule has 0 atom stereocenters. The normalized spacial score (nSPS) is 14.0. The van der Waals surface area contributed by atoms with Gasteiger partial charge in [-0.05, 0) is 25.1 Å². The number of terminal acetylenes is 1. The molecule has 0 unspecified atom stereocenters. The van der Waals surface area contributed by atoms with Gasteiger partial charge in [0.2, 0.25) is 11.8 Å². The van der Waals surface area contributed by atoms with Gasteiger partial charge < -0.3 is 20.4 Å². The van der Waals surface area contributed by atoms with Crippen molar-refractivity contribution in [1.82, 2.24) is 20.0 Å². The summed E-state index contributed by atoms with van der Waals surface area (Å²) < 4.78 is 1.67. The fourth-order valence-corrected chi connectivity index (χ4v) is 3.13. The summed E-state index contributed by atoms with van der Waals surface area (Å²) in [6.07, 6.45) is 8.87. The number of rotatable bonds is 5. The summed E-state index contributed by atoms with van der Waals surface area (Å²) in [5.41, 5.74) is 2.09. The van der Waals surface area contributed by atoms with Crippen LogP contribution in [0.1, 0.15) is 12.5 Å². The number of benzene rings is 1. The van der Waals surface area contributed by atoms with E-state index in [-0.39, 0.29) is 48.9 Å². The molecule has 0 radical (unpaired) electrons. The molecule has 2 aromatic rings. The second kappa shape index (κ2) is 11.4. The minimum Gasteiger partial charge on any atom is -0.356 e. The van der Waals surface area contributed by atoms with Gasteiger partial charge in [0, 0.05) is 44.1 Å². The minimum absolute atomic E-state index is 0. The first-order valence-corrected chi connectivity index (χ1v) is 9.69. The highest BCUT2D eigenvalue weighted by molar-refractivity contribution is 14.0. The molecule has 3 rings (SSSR count). The summed E-state index contributed by atoms with van der Waals surface area (Å²) >= 11 is 0. The lowest BCUT2D eigenvalue weighted by Crippen LogP contribution is -2.55. The van der Waals surface area contributed by atoms with Crippen LogP contribution in [0, 0.1) is 12.3 Å². The van der Waals surface area contributed by atoms with E-state index < -0.39 is 0 Å². The van der Waals surface area contributed by atoms with Crippen LogP contribution in [0.2, 0.25) is 0 Å². The van der Waals surface area contributed by atoms with Gasteiger partial charge in [0.05, 0.1) is 11.9 Å². The Morgan fingerprint density at radius 3 is 2.81 bits per heavy atom. The second-order valence-corrected chi connectivity index (χ2v) is 6.78. The van der Waals surface area contributed by atoms with Crippen LogP contribution in [0.4, 0.5) is 11.4 Å². The molecule has 0 saturated carbocycles. The number of nitrogens with zero attached hydrogens (tertiary/aromatic N) is 5. The largest absolute Gasteiger partial charge is 0.356 e. The van der Waals surface area contributed by atoms with Gasteiger partial charge in [-0.15, -0.1) is 30.4 Å². The van der Waals surface area contributed by atoms with Crippen molar-refractivity contribution in [2.75, 3.05) is 42.9 Å². The molecule has 2 heterocycles. The van der Waals surface area contributed by atoms with Crippen LogP contribution in [0.25, 0.3) is 0 Å². The molecule has 1 aromatic carbocycles. The number of piperazine rings is 1. The minimum atomic E-state index is -0.264. The van der Waals surface area contributed by atoms with Crippen molar-refractivity contribution in [3.05, 3.63) is 42.2 Å². The summed E-state index contributed by atoms with van der Waals surface area (Å²) in [5.74, 6) is 2.76. The lowest BCUT2D eigenvalue weighted by atomic mass is 10.2. The predicted molar refractivity (Wildman–Crippen MR) is 132 cm³/mol. The van der Waals surface area contributed by atoms with E-state index in [1.165, 1.54) is 0 Å². The van der Waals surface area contributed by atoms with Crippen LogP contribution >= 0.6 is 24.0 Å². The summed E-state index contributed by atoms with van der Waals surface area (Å²) in [6.45, 7) is 3.78. The average Bonchev–Trinajstić information content (AvgIpc) is 3.17. The van der Waals surface area contributed by atoms with E-state index in [4.69, 9.17) is 6.42 Å². The molecule has 2 amide bonds. The lowest BCUT2D eigenvalue weighted by molar-refractivity contribution is -0.120. The first kappa shape index (κ1) is 24.2. The third kappa shape index (κ3) is 6.45. The van der Waals surface area contributed by atoms with Crippen LogP contribution < -0.4 is 15.5 Å². The van der Waals surface area contributed by atoms with Gasteiger partial charge in [-0.2, -0.15) is 5.10 Å². The predicted octanol–water partition coefficient (Wildman–Crippen LogP) is 1.27. The van der Waals surface area contributed by atoms with E-state index in [0.29, 0.717) is 36.8 Å². The number of aliphatic imine (C=N–C) groups is 1. The highest BCUT2D eigenvalue weighted by Gasteiger charge is 2.27. The van der Waals surface area contributed by atoms with Crippen LogP contribution in [0.3, 0.4) is 0 Å². The maximum absolute atomic E-state index is 12.6. The van der Waals surface area contributed by atoms with E-state index >= 15 is 0 Å². The molecule has 1 aliphatic rings. The molecule has 1 aliphatic heterocycles. The number of hydrogen-bond donors (Lipinski definition) is 2. The maximum Gasteiger partial charge on any atom is 0.246 e. The number of nitrogens with one attached hydrogen (secondary N) is 2. The monoisotopic (exact) mass is 535 g/mol. The number of aromatic nitrogens is 2. The Kier molecular flexibility index (Phi) is 8.87. The molecule has 0 bridgehead atoms. The fraction of sp³-hybridized carbons (Fsp3) is 0.333. The van der Waals surface area contributed by atoms with Gasteiger partial charge in [-0.1, -0.05) is 12.0 Å². The molecule has 164 valence electrons. The van der Waals surface area contributed by atoms with E-state index in [2.05, 4.69) is 26.6 Å². The van der Waals surface area contributed by atoms with E-state index in [9.17, 15) is 9.59 Å². The number of anilines is 2. The second-order valence-electron chi connectivity index (χ2n) is 6.78. The number of guanidine groups is 1. The van der Waals surface area contributed by atoms with Crippen molar-refractivity contribution < 1.29 is 9.59 Å². The number of halogens is 1. The van der Waals surface area contributed by atoms with Crippen molar-refractivity contribution in [1.29, 1.82) is 0 Å². The molecule has 1 fully saturated rings. The zero-order chi connectivity index (χ0) is 21.5. The van der Waals surface area contributed by atoms with Gasteiger partial charge in [0.25, 0.3) is 0 Å². The quantitative estimate of drug-likeness (QED) is 0.261. The zero-order valence-electron chi connectivity index (χ0n) is 17.5. The van der Waals surface area contributed by atoms with E-state index in [1.54, 1.807) is 40.0 Å². The van der Waals surface area contributed by atoms with Crippen molar-refractivity contribution in [3.63, 3.8) is 0 Å². The summed E-state index contributed by atoms with van der Waals surface area (Å²) in [5, 5.41) is 10.1. The Morgan fingerprint density at radius 2 is 2.16 bits per heavy atom. The molecule has 9 nitrogen and oxygen atoms in total. The Hall–Kier alpha value is -3.07.